The summed E-state index contributed by atoms with van der Waals surface area (Å²) in [6.07, 6.45) is 9.29. The number of nitro groups is 1. The molecule has 4 bridgehead atoms. The van der Waals surface area contributed by atoms with E-state index in [9.17, 15) is 20.0 Å². The summed E-state index contributed by atoms with van der Waals surface area (Å²) in [5, 5.41) is 25.0. The van der Waals surface area contributed by atoms with E-state index in [0.29, 0.717) is 5.56 Å². The van der Waals surface area contributed by atoms with Gasteiger partial charge in [-0.2, -0.15) is 5.10 Å². The Hall–Kier alpha value is -3.22. The first kappa shape index (κ1) is 19.7. The van der Waals surface area contributed by atoms with Crippen LogP contribution in [-0.2, 0) is 5.41 Å². The van der Waals surface area contributed by atoms with Crippen molar-refractivity contribution < 1.29 is 14.8 Å². The molecule has 7 nitrogen and oxygen atoms in total. The van der Waals surface area contributed by atoms with Crippen LogP contribution in [0.15, 0.2) is 47.6 Å². The van der Waals surface area contributed by atoms with Crippen molar-refractivity contribution in [1.82, 2.24) is 5.43 Å². The molecular formula is C24H25N3O4. The number of hydrogen-bond acceptors (Lipinski definition) is 5. The van der Waals surface area contributed by atoms with Crippen molar-refractivity contribution in [3.63, 3.8) is 0 Å². The van der Waals surface area contributed by atoms with Gasteiger partial charge in [0.1, 0.15) is 5.75 Å². The fourth-order valence-electron chi connectivity index (χ4n) is 6.41. The molecule has 7 heteroatoms. The highest BCUT2D eigenvalue weighted by molar-refractivity contribution is 5.95. The summed E-state index contributed by atoms with van der Waals surface area (Å²) >= 11 is 0. The Labute approximate surface area is 180 Å². The molecule has 4 saturated carbocycles. The van der Waals surface area contributed by atoms with E-state index in [2.05, 4.69) is 16.6 Å². The predicted molar refractivity (Wildman–Crippen MR) is 116 cm³/mol. The standard InChI is InChI=1S/C24H25N3O4/c28-22-6-3-20(24-11-15-7-16(12-24)9-17(8-15)13-24)10-19(22)14-25-26-23(29)18-1-4-21(5-2-18)27(30)31/h1-6,10,14-17,28H,7-9,11-13H2,(H,26,29). The Morgan fingerprint density at radius 3 is 2.26 bits per heavy atom. The topological polar surface area (TPSA) is 105 Å². The van der Waals surface area contributed by atoms with Crippen molar-refractivity contribution in [2.45, 2.75) is 43.9 Å². The van der Waals surface area contributed by atoms with Gasteiger partial charge in [0.25, 0.3) is 11.6 Å². The molecule has 0 spiro atoms. The number of aromatic hydroxyl groups is 1. The lowest BCUT2D eigenvalue weighted by Gasteiger charge is -2.57. The van der Waals surface area contributed by atoms with Crippen LogP contribution in [0, 0.1) is 27.9 Å². The number of hydrazone groups is 1. The normalized spacial score (nSPS) is 28.7. The molecule has 4 fully saturated rings. The van der Waals surface area contributed by atoms with E-state index in [0.717, 1.165) is 17.8 Å². The first-order valence-corrected chi connectivity index (χ1v) is 10.8. The van der Waals surface area contributed by atoms with Gasteiger partial charge in [0.15, 0.2) is 0 Å². The van der Waals surface area contributed by atoms with Gasteiger partial charge in [-0.15, -0.1) is 0 Å². The number of phenols is 1. The van der Waals surface area contributed by atoms with Crippen LogP contribution >= 0.6 is 0 Å². The summed E-state index contributed by atoms with van der Waals surface area (Å²) in [4.78, 5) is 22.5. The Morgan fingerprint density at radius 1 is 1.06 bits per heavy atom. The highest BCUT2D eigenvalue weighted by Gasteiger charge is 2.51. The monoisotopic (exact) mass is 419 g/mol. The predicted octanol–water partition coefficient (Wildman–Crippen LogP) is 4.53. The van der Waals surface area contributed by atoms with Gasteiger partial charge in [-0.05, 0) is 91.5 Å². The summed E-state index contributed by atoms with van der Waals surface area (Å²) in [6.45, 7) is 0. The number of nitrogens with zero attached hydrogens (tertiary/aromatic N) is 2. The van der Waals surface area contributed by atoms with Crippen molar-refractivity contribution in [2.24, 2.45) is 22.9 Å². The highest BCUT2D eigenvalue weighted by Crippen LogP contribution is 2.60. The minimum absolute atomic E-state index is 0.0773. The number of benzene rings is 2. The fraction of sp³-hybridized carbons (Fsp3) is 0.417. The molecule has 6 rings (SSSR count). The van der Waals surface area contributed by atoms with Gasteiger partial charge in [0, 0.05) is 23.3 Å². The van der Waals surface area contributed by atoms with E-state index in [1.165, 1.54) is 74.6 Å². The first-order chi connectivity index (χ1) is 14.9. The molecule has 2 N–H and O–H groups in total. The molecule has 0 aliphatic heterocycles. The molecular weight excluding hydrogens is 394 g/mol. The Balaban J connectivity index is 1.31. The van der Waals surface area contributed by atoms with Gasteiger partial charge in [-0.3, -0.25) is 14.9 Å². The zero-order valence-electron chi connectivity index (χ0n) is 17.2. The third kappa shape index (κ3) is 3.69. The number of amides is 1. The van der Waals surface area contributed by atoms with E-state index >= 15 is 0 Å². The van der Waals surface area contributed by atoms with Gasteiger partial charge in [0.05, 0.1) is 11.1 Å². The van der Waals surface area contributed by atoms with E-state index in [4.69, 9.17) is 0 Å². The van der Waals surface area contributed by atoms with Gasteiger partial charge >= 0.3 is 0 Å². The number of phenolic OH excluding ortho intramolecular Hbond substituents is 1. The lowest BCUT2D eigenvalue weighted by atomic mass is 9.48. The van der Waals surface area contributed by atoms with Gasteiger partial charge < -0.3 is 5.11 Å². The van der Waals surface area contributed by atoms with E-state index < -0.39 is 10.8 Å². The molecule has 1 amide bonds. The second-order valence-electron chi connectivity index (χ2n) is 9.47. The van der Waals surface area contributed by atoms with Crippen LogP contribution in [0.4, 0.5) is 5.69 Å². The van der Waals surface area contributed by atoms with Crippen molar-refractivity contribution in [1.29, 1.82) is 0 Å². The summed E-state index contributed by atoms with van der Waals surface area (Å²) in [6, 6.07) is 11.1. The maximum absolute atomic E-state index is 12.2. The number of carbonyl (C=O) groups is 1. The Bertz CT molecular complexity index is 1030. The lowest BCUT2D eigenvalue weighted by molar-refractivity contribution is -0.384. The van der Waals surface area contributed by atoms with Crippen LogP contribution < -0.4 is 5.43 Å². The first-order valence-electron chi connectivity index (χ1n) is 10.8. The lowest BCUT2D eigenvalue weighted by Crippen LogP contribution is -2.48. The molecule has 0 radical (unpaired) electrons. The number of nitro benzene ring substituents is 1. The van der Waals surface area contributed by atoms with Gasteiger partial charge in [-0.25, -0.2) is 5.43 Å². The molecule has 0 heterocycles. The maximum atomic E-state index is 12.2. The summed E-state index contributed by atoms with van der Waals surface area (Å²) < 4.78 is 0. The van der Waals surface area contributed by atoms with E-state index in [-0.39, 0.29) is 22.4 Å². The number of nitrogens with one attached hydrogen (secondary N) is 1. The van der Waals surface area contributed by atoms with Crippen molar-refractivity contribution >= 4 is 17.8 Å². The number of rotatable bonds is 5. The van der Waals surface area contributed by atoms with Crippen LogP contribution in [0.25, 0.3) is 0 Å². The average Bonchev–Trinajstić information content (AvgIpc) is 2.74. The Kier molecular flexibility index (Phi) is 4.76. The van der Waals surface area contributed by atoms with Crippen molar-refractivity contribution in [3.05, 3.63) is 69.3 Å². The largest absolute Gasteiger partial charge is 0.507 e. The van der Waals surface area contributed by atoms with Crippen molar-refractivity contribution in [2.75, 3.05) is 0 Å². The third-order valence-electron chi connectivity index (χ3n) is 7.39. The molecule has 4 aliphatic rings. The molecule has 0 aromatic heterocycles. The highest BCUT2D eigenvalue weighted by atomic mass is 16.6. The smallest absolute Gasteiger partial charge is 0.271 e. The molecule has 0 saturated heterocycles. The maximum Gasteiger partial charge on any atom is 0.271 e. The van der Waals surface area contributed by atoms with Gasteiger partial charge in [0.2, 0.25) is 0 Å². The quantitative estimate of drug-likeness (QED) is 0.422. The van der Waals surface area contributed by atoms with Crippen molar-refractivity contribution in [3.8, 4) is 5.75 Å². The van der Waals surface area contributed by atoms with Gasteiger partial charge in [-0.1, -0.05) is 6.07 Å². The zero-order chi connectivity index (χ0) is 21.6. The molecule has 0 unspecified atom stereocenters. The SMILES string of the molecule is O=C(NN=Cc1cc(C23CC4CC(CC(C4)C2)C3)ccc1O)c1ccc([N+](=O)[O-])cc1. The third-order valence-corrected chi connectivity index (χ3v) is 7.39. The number of hydrogen-bond donors (Lipinski definition) is 2. The minimum atomic E-state index is -0.514. The van der Waals surface area contributed by atoms with Crippen LogP contribution in [0.5, 0.6) is 5.75 Å². The van der Waals surface area contributed by atoms with Crippen LogP contribution in [0.2, 0.25) is 0 Å². The van der Waals surface area contributed by atoms with E-state index in [1.54, 1.807) is 6.07 Å². The second-order valence-corrected chi connectivity index (χ2v) is 9.47. The molecule has 31 heavy (non-hydrogen) atoms. The minimum Gasteiger partial charge on any atom is -0.507 e. The molecule has 2 aromatic carbocycles. The zero-order valence-corrected chi connectivity index (χ0v) is 17.2. The molecule has 4 aliphatic carbocycles. The average molecular weight is 419 g/mol. The van der Waals surface area contributed by atoms with Crippen LogP contribution in [0.1, 0.15) is 60.0 Å². The summed E-state index contributed by atoms with van der Waals surface area (Å²) in [5.41, 5.74) is 4.69. The number of carbonyl (C=O) groups excluding carboxylic acids is 1. The van der Waals surface area contributed by atoms with E-state index in [1.807, 2.05) is 6.07 Å². The number of non-ortho nitro benzene ring substituents is 1. The summed E-state index contributed by atoms with van der Waals surface area (Å²) in [7, 11) is 0. The summed E-state index contributed by atoms with van der Waals surface area (Å²) in [5.74, 6) is 2.15. The van der Waals surface area contributed by atoms with Crippen LogP contribution in [0.3, 0.4) is 0 Å². The molecule has 160 valence electrons. The molecule has 2 aromatic rings. The second kappa shape index (κ2) is 7.48. The Morgan fingerprint density at radius 2 is 1.68 bits per heavy atom. The molecule has 0 atom stereocenters. The fourth-order valence-corrected chi connectivity index (χ4v) is 6.41. The van der Waals surface area contributed by atoms with Crippen LogP contribution in [-0.4, -0.2) is 22.2 Å².